The van der Waals surface area contributed by atoms with Gasteiger partial charge >= 0.3 is 0 Å². The van der Waals surface area contributed by atoms with Crippen LogP contribution >= 0.6 is 0 Å². The minimum Gasteiger partial charge on any atom is -0.497 e. The van der Waals surface area contributed by atoms with E-state index in [9.17, 15) is 9.18 Å². The molecule has 6 heteroatoms. The maximum Gasteiger partial charge on any atom is 0.212 e. The molecule has 0 saturated carbocycles. The average Bonchev–Trinajstić information content (AvgIpc) is 3.13. The van der Waals surface area contributed by atoms with Crippen LogP contribution < -0.4 is 10.1 Å². The number of hydrogen-bond donors (Lipinski definition) is 1. The Morgan fingerprint density at radius 3 is 2.61 bits per heavy atom. The van der Waals surface area contributed by atoms with Crippen molar-refractivity contribution in [2.45, 2.75) is 32.2 Å². The van der Waals surface area contributed by atoms with Gasteiger partial charge in [0.15, 0.2) is 5.76 Å². The van der Waals surface area contributed by atoms with Crippen LogP contribution in [0.4, 0.5) is 4.39 Å². The summed E-state index contributed by atoms with van der Waals surface area (Å²) in [5, 5.41) is 3.98. The quantitative estimate of drug-likeness (QED) is 0.522. The number of ether oxygens (including phenoxy) is 1. The Bertz CT molecular complexity index is 1040. The highest BCUT2D eigenvalue weighted by Gasteiger charge is 2.23. The number of halogens is 1. The molecule has 0 amide bonds. The van der Waals surface area contributed by atoms with Gasteiger partial charge in [0.1, 0.15) is 17.1 Å². The summed E-state index contributed by atoms with van der Waals surface area (Å²) in [4.78, 5) is 15.3. The van der Waals surface area contributed by atoms with Crippen molar-refractivity contribution in [2.75, 3.05) is 33.3 Å². The number of carbonyl (C=O) groups is 1. The van der Waals surface area contributed by atoms with E-state index >= 15 is 0 Å². The van der Waals surface area contributed by atoms with Crippen LogP contribution in [0.15, 0.2) is 46.9 Å². The first-order valence-corrected chi connectivity index (χ1v) is 10.9. The van der Waals surface area contributed by atoms with Gasteiger partial charge in [0, 0.05) is 23.5 Å². The van der Waals surface area contributed by atoms with Gasteiger partial charge in [-0.25, -0.2) is 4.39 Å². The number of nitrogens with one attached hydrogen (secondary N) is 1. The molecule has 1 atom stereocenters. The van der Waals surface area contributed by atoms with Crippen molar-refractivity contribution < 1.29 is 18.3 Å². The van der Waals surface area contributed by atoms with Gasteiger partial charge in [-0.15, -0.1) is 0 Å². The Labute approximate surface area is 182 Å². The lowest BCUT2D eigenvalue weighted by Gasteiger charge is -2.35. The Hall–Kier alpha value is -2.70. The number of hydrogen-bond acceptors (Lipinski definition) is 5. The molecule has 1 saturated heterocycles. The molecule has 164 valence electrons. The molecule has 1 fully saturated rings. The van der Waals surface area contributed by atoms with E-state index in [0.29, 0.717) is 28.8 Å². The van der Waals surface area contributed by atoms with Gasteiger partial charge in [-0.2, -0.15) is 0 Å². The number of benzene rings is 2. The molecule has 4 rings (SSSR count). The van der Waals surface area contributed by atoms with Gasteiger partial charge in [0.2, 0.25) is 5.78 Å². The summed E-state index contributed by atoms with van der Waals surface area (Å²) in [6, 6.07) is 12.7. The van der Waals surface area contributed by atoms with Gasteiger partial charge in [-0.1, -0.05) is 18.6 Å². The Kier molecular flexibility index (Phi) is 6.68. The van der Waals surface area contributed by atoms with Crippen molar-refractivity contribution in [3.05, 3.63) is 65.2 Å². The Morgan fingerprint density at radius 1 is 1.16 bits per heavy atom. The zero-order chi connectivity index (χ0) is 21.8. The molecule has 2 heterocycles. The van der Waals surface area contributed by atoms with Crippen molar-refractivity contribution in [3.8, 4) is 5.75 Å². The second-order valence-electron chi connectivity index (χ2n) is 8.14. The fourth-order valence-corrected chi connectivity index (χ4v) is 4.38. The molecule has 1 aromatic heterocycles. The minimum atomic E-state index is -0.336. The van der Waals surface area contributed by atoms with Gasteiger partial charge in [-0.05, 0) is 68.8 Å². The highest BCUT2D eigenvalue weighted by Crippen LogP contribution is 2.27. The molecule has 0 radical (unpaired) electrons. The summed E-state index contributed by atoms with van der Waals surface area (Å²) in [7, 11) is 1.67. The second-order valence-corrected chi connectivity index (χ2v) is 8.14. The van der Waals surface area contributed by atoms with Gasteiger partial charge in [0.25, 0.3) is 0 Å². The van der Waals surface area contributed by atoms with Crippen LogP contribution in [0.2, 0.25) is 0 Å². The molecule has 0 bridgehead atoms. The maximum absolute atomic E-state index is 13.6. The SMILES string of the molecule is COc1ccc(C(CNCC(=O)c2oc3ccc(F)cc3c2C)N2CCCCC2)cc1. The number of carbonyl (C=O) groups excluding carboxylic acids is 1. The molecule has 1 N–H and O–H groups in total. The summed E-state index contributed by atoms with van der Waals surface area (Å²) in [5.41, 5.74) is 2.42. The molecule has 0 spiro atoms. The topological polar surface area (TPSA) is 54.7 Å². The minimum absolute atomic E-state index is 0.124. The first-order valence-electron chi connectivity index (χ1n) is 10.9. The number of likely N-dealkylation sites (tertiary alicyclic amines) is 1. The number of piperidine rings is 1. The number of Topliss-reactive ketones (excluding diaryl/α,β-unsaturated/α-hetero) is 1. The van der Waals surface area contributed by atoms with E-state index in [1.54, 1.807) is 20.1 Å². The molecule has 0 aliphatic carbocycles. The third-order valence-corrected chi connectivity index (χ3v) is 6.11. The summed E-state index contributed by atoms with van der Waals surface area (Å²) in [5.74, 6) is 0.673. The van der Waals surface area contributed by atoms with E-state index in [1.165, 1.54) is 37.0 Å². The Morgan fingerprint density at radius 2 is 1.90 bits per heavy atom. The average molecular weight is 425 g/mol. The second kappa shape index (κ2) is 9.62. The van der Waals surface area contributed by atoms with Crippen molar-refractivity contribution >= 4 is 16.8 Å². The van der Waals surface area contributed by atoms with Gasteiger partial charge in [0.05, 0.1) is 13.7 Å². The third-order valence-electron chi connectivity index (χ3n) is 6.11. The van der Waals surface area contributed by atoms with Crippen molar-refractivity contribution in [1.82, 2.24) is 10.2 Å². The number of fused-ring (bicyclic) bond motifs is 1. The summed E-state index contributed by atoms with van der Waals surface area (Å²) >= 11 is 0. The van der Waals surface area contributed by atoms with Crippen LogP contribution in [0.3, 0.4) is 0 Å². The zero-order valence-corrected chi connectivity index (χ0v) is 18.1. The van der Waals surface area contributed by atoms with E-state index in [1.807, 2.05) is 12.1 Å². The molecule has 1 aliphatic rings. The molecule has 1 aliphatic heterocycles. The smallest absolute Gasteiger partial charge is 0.212 e. The first-order chi connectivity index (χ1) is 15.1. The van der Waals surface area contributed by atoms with Crippen LogP contribution in [-0.4, -0.2) is 44.0 Å². The number of nitrogens with zero attached hydrogens (tertiary/aromatic N) is 1. The summed E-state index contributed by atoms with van der Waals surface area (Å²) < 4.78 is 24.6. The molecular weight excluding hydrogens is 395 g/mol. The van der Waals surface area contributed by atoms with Gasteiger partial charge in [-0.3, -0.25) is 9.69 Å². The van der Waals surface area contributed by atoms with E-state index in [0.717, 1.165) is 18.8 Å². The summed E-state index contributed by atoms with van der Waals surface area (Å²) in [6.07, 6.45) is 3.66. The molecule has 31 heavy (non-hydrogen) atoms. The molecule has 2 aromatic carbocycles. The van der Waals surface area contributed by atoms with Crippen LogP contribution in [0, 0.1) is 12.7 Å². The fourth-order valence-electron chi connectivity index (χ4n) is 4.38. The van der Waals surface area contributed by atoms with E-state index in [4.69, 9.17) is 9.15 Å². The van der Waals surface area contributed by atoms with Crippen molar-refractivity contribution in [1.29, 1.82) is 0 Å². The first kappa shape index (κ1) is 21.5. The molecular formula is C25H29FN2O3. The van der Waals surface area contributed by atoms with E-state index < -0.39 is 0 Å². The number of methoxy groups -OCH3 is 1. The Balaban J connectivity index is 1.45. The van der Waals surface area contributed by atoms with Gasteiger partial charge < -0.3 is 14.5 Å². The van der Waals surface area contributed by atoms with Crippen LogP contribution in [0.25, 0.3) is 11.0 Å². The molecule has 1 unspecified atom stereocenters. The molecule has 5 nitrogen and oxygen atoms in total. The fraction of sp³-hybridized carbons (Fsp3) is 0.400. The normalized spacial score (nSPS) is 15.8. The lowest BCUT2D eigenvalue weighted by Crippen LogP contribution is -2.40. The van der Waals surface area contributed by atoms with E-state index in [2.05, 4.69) is 22.3 Å². The highest BCUT2D eigenvalue weighted by atomic mass is 19.1. The van der Waals surface area contributed by atoms with E-state index in [-0.39, 0.29) is 24.2 Å². The third kappa shape index (κ3) is 4.81. The predicted octanol–water partition coefficient (Wildman–Crippen LogP) is 4.89. The lowest BCUT2D eigenvalue weighted by atomic mass is 10.0. The lowest BCUT2D eigenvalue weighted by molar-refractivity contribution is 0.0958. The van der Waals surface area contributed by atoms with Crippen molar-refractivity contribution in [3.63, 3.8) is 0 Å². The number of ketones is 1. The van der Waals surface area contributed by atoms with Crippen molar-refractivity contribution in [2.24, 2.45) is 0 Å². The van der Waals surface area contributed by atoms with Crippen LogP contribution in [0.5, 0.6) is 5.75 Å². The maximum atomic E-state index is 13.6. The van der Waals surface area contributed by atoms with Crippen LogP contribution in [0.1, 0.15) is 47.0 Å². The number of furan rings is 1. The largest absolute Gasteiger partial charge is 0.497 e. The standard InChI is InChI=1S/C25H29FN2O3/c1-17-21-14-19(26)8-11-24(21)31-25(17)23(29)16-27-15-22(28-12-4-3-5-13-28)18-6-9-20(30-2)10-7-18/h6-11,14,22,27H,3-5,12-13,15-16H2,1-2H3. The predicted molar refractivity (Wildman–Crippen MR) is 119 cm³/mol. The monoisotopic (exact) mass is 424 g/mol. The van der Waals surface area contributed by atoms with Crippen LogP contribution in [-0.2, 0) is 0 Å². The number of rotatable bonds is 8. The zero-order valence-electron chi connectivity index (χ0n) is 18.1. The summed E-state index contributed by atoms with van der Waals surface area (Å²) in [6.45, 7) is 4.74. The number of aryl methyl sites for hydroxylation is 1. The molecule has 3 aromatic rings. The highest BCUT2D eigenvalue weighted by molar-refractivity contribution is 6.01.